The van der Waals surface area contributed by atoms with Crippen LogP contribution in [-0.4, -0.2) is 58.0 Å². The Morgan fingerprint density at radius 3 is 1.81 bits per heavy atom. The monoisotopic (exact) mass is 892 g/mol. The molecule has 6 aliphatic carbocycles. The summed E-state index contributed by atoms with van der Waals surface area (Å²) in [7, 11) is 0. The Hall–Kier alpha value is 0.0849. The third-order valence-corrected chi connectivity index (χ3v) is 17.8. The molecule has 1 aliphatic heterocycles. The van der Waals surface area contributed by atoms with Crippen LogP contribution in [0.25, 0.3) is 0 Å². The first-order valence-corrected chi connectivity index (χ1v) is 25.0. The number of unbranched alkanes of at least 4 members (excludes halogenated alkanes) is 3. The number of aliphatic hydroxyl groups excluding tert-OH is 1. The van der Waals surface area contributed by atoms with Gasteiger partial charge >= 0.3 is 29.6 Å². The van der Waals surface area contributed by atoms with Crippen molar-refractivity contribution in [3.63, 3.8) is 0 Å². The summed E-state index contributed by atoms with van der Waals surface area (Å²) in [6.45, 7) is 26.2. The van der Waals surface area contributed by atoms with Gasteiger partial charge in [0.1, 0.15) is 0 Å². The van der Waals surface area contributed by atoms with Crippen LogP contribution in [0.3, 0.4) is 0 Å². The van der Waals surface area contributed by atoms with Gasteiger partial charge in [-0.15, -0.1) is 12.4 Å². The van der Waals surface area contributed by atoms with Crippen molar-refractivity contribution in [3.05, 3.63) is 33.9 Å². The minimum atomic E-state index is -0.634. The van der Waals surface area contributed by atoms with Gasteiger partial charge in [0.15, 0.2) is 5.78 Å². The first-order chi connectivity index (χ1) is 27.5. The van der Waals surface area contributed by atoms with E-state index in [0.717, 1.165) is 95.0 Å². The normalized spacial score (nSPS) is 34.9. The summed E-state index contributed by atoms with van der Waals surface area (Å²) in [5, 5.41) is 31.1. The summed E-state index contributed by atoms with van der Waals surface area (Å²) >= 11 is 0. The third-order valence-electron chi connectivity index (χ3n) is 17.8. The van der Waals surface area contributed by atoms with E-state index in [1.807, 2.05) is 27.7 Å². The second-order valence-electron chi connectivity index (χ2n) is 23.4. The Morgan fingerprint density at radius 1 is 0.726 bits per heavy atom. The minimum Gasteiger partial charge on any atom is -1.00 e. The van der Waals surface area contributed by atoms with Crippen LogP contribution >= 0.6 is 12.4 Å². The zero-order chi connectivity index (χ0) is 43.7. The molecule has 4 fully saturated rings. The molecule has 1 unspecified atom stereocenters. The fourth-order valence-electron chi connectivity index (χ4n) is 13.1. The fourth-order valence-corrected chi connectivity index (χ4v) is 13.1. The Kier molecular flexibility index (Phi) is 21.5. The van der Waals surface area contributed by atoms with Crippen LogP contribution in [0.15, 0.2) is 33.9 Å². The number of aliphatic hydroxyl groups is 3. The van der Waals surface area contributed by atoms with Crippen molar-refractivity contribution in [2.45, 2.75) is 266 Å². The molecule has 0 aromatic rings. The molecule has 7 rings (SSSR count). The number of halogens is 1. The van der Waals surface area contributed by atoms with Gasteiger partial charge in [-0.25, -0.2) is 0 Å². The number of hydrogen-bond acceptors (Lipinski definition) is 5. The summed E-state index contributed by atoms with van der Waals surface area (Å²) < 4.78 is 6.81. The molecule has 351 valence electrons. The van der Waals surface area contributed by atoms with Crippen LogP contribution in [0.4, 0.5) is 0 Å². The maximum Gasteiger partial charge on any atom is 1.00 e. The van der Waals surface area contributed by atoms with Crippen molar-refractivity contribution in [1.82, 2.24) is 0 Å². The van der Waals surface area contributed by atoms with Gasteiger partial charge in [0, 0.05) is 20.2 Å². The van der Waals surface area contributed by atoms with Crippen molar-refractivity contribution < 1.29 is 55.8 Å². The maximum atomic E-state index is 12.3. The molecule has 3 saturated carbocycles. The Morgan fingerprint density at radius 2 is 1.24 bits per heavy atom. The van der Waals surface area contributed by atoms with E-state index in [0.29, 0.717) is 23.0 Å². The summed E-state index contributed by atoms with van der Waals surface area (Å²) in [5.41, 5.74) is 6.80. The summed E-state index contributed by atoms with van der Waals surface area (Å²) in [5.74, 6) is 1.78. The minimum absolute atomic E-state index is 0. The summed E-state index contributed by atoms with van der Waals surface area (Å²) in [6.07, 6.45) is 29.5. The molecule has 2 bridgehead atoms. The van der Waals surface area contributed by atoms with E-state index in [9.17, 15) is 20.1 Å². The molecule has 0 aromatic carbocycles. The second kappa shape index (κ2) is 22.9. The van der Waals surface area contributed by atoms with E-state index >= 15 is 0 Å². The zero-order valence-electron chi connectivity index (χ0n) is 43.5. The van der Waals surface area contributed by atoms with Crippen molar-refractivity contribution in [1.29, 1.82) is 0 Å². The van der Waals surface area contributed by atoms with E-state index < -0.39 is 11.2 Å². The summed E-state index contributed by atoms with van der Waals surface area (Å²) in [4.78, 5) is 12.3. The molecule has 5 nitrogen and oxygen atoms in total. The van der Waals surface area contributed by atoms with Crippen molar-refractivity contribution in [3.8, 4) is 0 Å². The van der Waals surface area contributed by atoms with Crippen molar-refractivity contribution >= 4 is 26.6 Å². The average molecular weight is 893 g/mol. The number of carbonyl (C=O) groups is 1. The first-order valence-electron chi connectivity index (χ1n) is 25.0. The molecule has 3 N–H and O–H groups in total. The molecule has 8 atom stereocenters. The summed E-state index contributed by atoms with van der Waals surface area (Å²) in [6, 6.07) is 0. The quantitative estimate of drug-likeness (QED) is 0.142. The second-order valence-corrected chi connectivity index (χ2v) is 23.4. The predicted molar refractivity (Wildman–Crippen MR) is 260 cm³/mol. The molecular weight excluding hydrogens is 798 g/mol. The number of fused-ring (bicyclic) bond motifs is 3. The van der Waals surface area contributed by atoms with Gasteiger partial charge in [0.05, 0.1) is 28.5 Å². The number of Topliss-reactive ketones (excluding diaryl/α,β-unsaturated/α-hetero) is 1. The standard InChI is InChI=1S/C18H32O2.C18H30O2.C18H30O.B.ClH.Na.H/c2*1-5-6-7-14-15-12-13(17(2,3)20)8-10-18(15,4)11-9-16(14)19;1-5-6-8-14-9-7-11-17(4)12-10-15-13-18(14,17)19-16(15,2)3;;;;/h13,16,19-20H,5-12H2,1-4H3;13,20H,5-12H2,1-4H3;9,15H,5-8,10-13H2,1-4H3;;1H;;/q;;;;;+1;-1/t13-,16?,18-;13-,18-;15-,17+,18+;;;;/m111..../s1. The molecule has 0 aromatic heterocycles. The van der Waals surface area contributed by atoms with E-state index in [4.69, 9.17) is 4.74 Å². The number of hydrogen-bond donors (Lipinski definition) is 3. The first kappa shape index (κ1) is 58.2. The van der Waals surface area contributed by atoms with Gasteiger partial charge in [0.25, 0.3) is 0 Å². The average Bonchev–Trinajstić information content (AvgIpc) is 3.40. The van der Waals surface area contributed by atoms with Gasteiger partial charge in [0.2, 0.25) is 0 Å². The van der Waals surface area contributed by atoms with E-state index in [1.165, 1.54) is 87.3 Å². The van der Waals surface area contributed by atoms with Crippen LogP contribution in [0, 0.1) is 34.0 Å². The van der Waals surface area contributed by atoms with E-state index in [1.54, 1.807) is 5.57 Å². The number of carbonyl (C=O) groups excluding carboxylic acids is 1. The number of ketones is 1. The smallest absolute Gasteiger partial charge is 1.00 e. The number of rotatable bonds is 11. The Bertz CT molecular complexity index is 1580. The Labute approximate surface area is 413 Å². The van der Waals surface area contributed by atoms with Crippen molar-refractivity contribution in [2.24, 2.45) is 34.0 Å². The maximum absolute atomic E-state index is 12.3. The fraction of sp³-hybridized carbons (Fsp3) is 0.870. The number of ether oxygens (including phenoxy) is 1. The van der Waals surface area contributed by atoms with Crippen LogP contribution < -0.4 is 29.6 Å². The van der Waals surface area contributed by atoms with Crippen LogP contribution in [0.1, 0.15) is 239 Å². The van der Waals surface area contributed by atoms with Crippen LogP contribution in [0.5, 0.6) is 0 Å². The van der Waals surface area contributed by atoms with Gasteiger partial charge in [-0.3, -0.25) is 4.79 Å². The predicted octanol–water partition coefficient (Wildman–Crippen LogP) is 11.0. The van der Waals surface area contributed by atoms with Crippen LogP contribution in [-0.2, 0) is 9.53 Å². The molecule has 1 spiro atoms. The van der Waals surface area contributed by atoms with Gasteiger partial charge in [-0.05, 0) is 215 Å². The van der Waals surface area contributed by atoms with Gasteiger partial charge in [-0.2, -0.15) is 0 Å². The molecule has 62 heavy (non-hydrogen) atoms. The topological polar surface area (TPSA) is 87.0 Å². The SMILES string of the molecule is CCCCC1=C2C[C@H](C(C)(C)O)CC[C@]2(C)CCC1=O.CCCCC1=C2C[C@H](C(C)(C)O)CC[C@]2(C)CCC1O.CCCCC1=CCC[C@@]2(C)CC[C@@H]3C[C@]12OC3(C)C.Cl.[B].[H-].[Na+]. The molecular formula is C54H94BClNaO5. The third kappa shape index (κ3) is 12.6. The number of allylic oxidation sites excluding steroid dienone is 4. The largest absolute Gasteiger partial charge is 1.00 e. The van der Waals surface area contributed by atoms with Crippen LogP contribution in [0.2, 0.25) is 0 Å². The van der Waals surface area contributed by atoms with Gasteiger partial charge in [-0.1, -0.05) is 78.0 Å². The molecule has 0 amide bonds. The molecule has 8 heteroatoms. The zero-order valence-corrected chi connectivity index (χ0v) is 45.3. The molecule has 3 radical (unpaired) electrons. The van der Waals surface area contributed by atoms with E-state index in [2.05, 4.69) is 61.5 Å². The molecule has 1 saturated heterocycles. The van der Waals surface area contributed by atoms with Crippen molar-refractivity contribution in [2.75, 3.05) is 0 Å². The van der Waals surface area contributed by atoms with Gasteiger partial charge < -0.3 is 21.5 Å². The van der Waals surface area contributed by atoms with E-state index in [-0.39, 0.29) is 79.9 Å². The molecule has 1 heterocycles. The Balaban J connectivity index is 0.000000458. The molecule has 7 aliphatic rings.